The second-order valence-corrected chi connectivity index (χ2v) is 7.52. The average molecular weight is 348 g/mol. The van der Waals surface area contributed by atoms with E-state index >= 15 is 0 Å². The van der Waals surface area contributed by atoms with E-state index in [0.717, 1.165) is 17.8 Å². The summed E-state index contributed by atoms with van der Waals surface area (Å²) in [4.78, 5) is 2.71. The molecule has 0 bridgehead atoms. The van der Waals surface area contributed by atoms with E-state index < -0.39 is 0 Å². The lowest BCUT2D eigenvalue weighted by Gasteiger charge is -2.35. The van der Waals surface area contributed by atoms with Crippen LogP contribution in [0.1, 0.15) is 44.2 Å². The van der Waals surface area contributed by atoms with Crippen molar-refractivity contribution in [3.05, 3.63) is 59.7 Å². The Morgan fingerprint density at radius 3 is 2.58 bits per heavy atom. The Balaban J connectivity index is 1.69. The number of hydrogen-bond donors (Lipinski definition) is 0. The quantitative estimate of drug-likeness (QED) is 0.537. The summed E-state index contributed by atoms with van der Waals surface area (Å²) in [5, 5.41) is 1.19. The molecule has 0 amide bonds. The maximum absolute atomic E-state index is 6.20. The van der Waals surface area contributed by atoms with Crippen molar-refractivity contribution in [2.75, 3.05) is 13.1 Å². The summed E-state index contributed by atoms with van der Waals surface area (Å²) in [5.74, 6) is 1.02. The highest BCUT2D eigenvalue weighted by Crippen LogP contribution is 2.35. The van der Waals surface area contributed by atoms with Gasteiger partial charge in [-0.1, -0.05) is 50.2 Å². The van der Waals surface area contributed by atoms with Gasteiger partial charge in [-0.3, -0.25) is 0 Å². The van der Waals surface area contributed by atoms with E-state index in [-0.39, 0.29) is 0 Å². The monoisotopic (exact) mass is 347 g/mol. The van der Waals surface area contributed by atoms with Crippen LogP contribution in [0.2, 0.25) is 0 Å². The Labute approximate surface area is 156 Å². The highest BCUT2D eigenvalue weighted by Gasteiger charge is 2.26. The van der Waals surface area contributed by atoms with E-state index in [2.05, 4.69) is 61.2 Å². The molecule has 1 aliphatic carbocycles. The van der Waals surface area contributed by atoms with Gasteiger partial charge in [-0.2, -0.15) is 0 Å². The third kappa shape index (κ3) is 3.31. The summed E-state index contributed by atoms with van der Waals surface area (Å²) in [5.41, 5.74) is 5.27. The molecule has 0 saturated heterocycles. The first-order valence-corrected chi connectivity index (χ1v) is 10.1. The Kier molecular flexibility index (Phi) is 5.12. The van der Waals surface area contributed by atoms with E-state index in [9.17, 15) is 0 Å². The van der Waals surface area contributed by atoms with Crippen LogP contribution in [0.3, 0.4) is 0 Å². The molecule has 0 saturated carbocycles. The van der Waals surface area contributed by atoms with Gasteiger partial charge in [-0.05, 0) is 68.5 Å². The molecule has 1 aromatic heterocycles. The van der Waals surface area contributed by atoms with E-state index in [1.54, 1.807) is 0 Å². The fraction of sp³-hybridized carbons (Fsp3) is 0.417. The van der Waals surface area contributed by atoms with Crippen molar-refractivity contribution in [2.24, 2.45) is 0 Å². The van der Waals surface area contributed by atoms with Crippen molar-refractivity contribution in [1.29, 1.82) is 0 Å². The highest BCUT2D eigenvalue weighted by molar-refractivity contribution is 5.83. The minimum absolute atomic E-state index is 0.660. The fourth-order valence-corrected chi connectivity index (χ4v) is 4.48. The second-order valence-electron chi connectivity index (χ2n) is 7.52. The number of benzene rings is 2. The first-order chi connectivity index (χ1) is 12.8. The zero-order valence-corrected chi connectivity index (χ0v) is 16.0. The van der Waals surface area contributed by atoms with Crippen LogP contribution in [-0.4, -0.2) is 24.0 Å². The third-order valence-corrected chi connectivity index (χ3v) is 5.69. The van der Waals surface area contributed by atoms with Gasteiger partial charge in [-0.25, -0.2) is 0 Å². The number of fused-ring (bicyclic) bond motifs is 2. The van der Waals surface area contributed by atoms with E-state index in [4.69, 9.17) is 4.42 Å². The molecular weight excluding hydrogens is 318 g/mol. The predicted molar refractivity (Wildman–Crippen MR) is 110 cm³/mol. The standard InChI is InChI=1S/C24H29NO/c1-3-14-25(15-4-2)20-13-12-18-9-7-10-21(22(18)17-20)24-16-19-8-5-6-11-23(19)26-24/h5-11,16,20H,3-4,12-15,17H2,1-2H3. The van der Waals surface area contributed by atoms with Crippen molar-refractivity contribution >= 4 is 11.0 Å². The number of hydrogen-bond acceptors (Lipinski definition) is 2. The SMILES string of the molecule is CCCN(CCC)C1CCc2cccc(-c3cc4ccccc4o3)c2C1. The van der Waals surface area contributed by atoms with Crippen LogP contribution >= 0.6 is 0 Å². The van der Waals surface area contributed by atoms with E-state index in [1.165, 1.54) is 60.8 Å². The minimum Gasteiger partial charge on any atom is -0.456 e. The number of para-hydroxylation sites is 1. The third-order valence-electron chi connectivity index (χ3n) is 5.69. The molecule has 0 spiro atoms. The summed E-state index contributed by atoms with van der Waals surface area (Å²) in [6.07, 6.45) is 6.06. The normalized spacial score (nSPS) is 17.0. The van der Waals surface area contributed by atoms with Crippen molar-refractivity contribution < 1.29 is 4.42 Å². The first-order valence-electron chi connectivity index (χ1n) is 10.1. The molecule has 2 aromatic carbocycles. The molecule has 136 valence electrons. The van der Waals surface area contributed by atoms with Crippen LogP contribution in [0.25, 0.3) is 22.3 Å². The molecule has 0 fully saturated rings. The molecular formula is C24H29NO. The molecule has 0 aliphatic heterocycles. The van der Waals surface area contributed by atoms with Gasteiger partial charge in [0.2, 0.25) is 0 Å². The lowest BCUT2D eigenvalue weighted by Crippen LogP contribution is -2.40. The van der Waals surface area contributed by atoms with Gasteiger partial charge in [0.1, 0.15) is 11.3 Å². The van der Waals surface area contributed by atoms with E-state index in [0.29, 0.717) is 6.04 Å². The van der Waals surface area contributed by atoms with Gasteiger partial charge in [0.25, 0.3) is 0 Å². The topological polar surface area (TPSA) is 16.4 Å². The molecule has 1 heterocycles. The number of nitrogens with zero attached hydrogens (tertiary/aromatic N) is 1. The molecule has 1 atom stereocenters. The largest absolute Gasteiger partial charge is 0.456 e. The molecule has 4 rings (SSSR count). The van der Waals surface area contributed by atoms with Gasteiger partial charge in [0.15, 0.2) is 0 Å². The van der Waals surface area contributed by atoms with Crippen molar-refractivity contribution in [1.82, 2.24) is 4.90 Å². The minimum atomic E-state index is 0.660. The molecule has 1 unspecified atom stereocenters. The maximum atomic E-state index is 6.20. The van der Waals surface area contributed by atoms with Gasteiger partial charge >= 0.3 is 0 Å². The summed E-state index contributed by atoms with van der Waals surface area (Å²) >= 11 is 0. The van der Waals surface area contributed by atoms with Crippen molar-refractivity contribution in [3.63, 3.8) is 0 Å². The molecule has 26 heavy (non-hydrogen) atoms. The first kappa shape index (κ1) is 17.4. The highest BCUT2D eigenvalue weighted by atomic mass is 16.3. The Hall–Kier alpha value is -2.06. The molecule has 2 heteroatoms. The van der Waals surface area contributed by atoms with Crippen LogP contribution < -0.4 is 0 Å². The molecule has 0 radical (unpaired) electrons. The second kappa shape index (κ2) is 7.67. The van der Waals surface area contributed by atoms with Gasteiger partial charge < -0.3 is 9.32 Å². The van der Waals surface area contributed by atoms with Gasteiger partial charge in [0.05, 0.1) is 0 Å². The summed E-state index contributed by atoms with van der Waals surface area (Å²) in [6, 6.07) is 17.9. The van der Waals surface area contributed by atoms with Gasteiger partial charge in [0, 0.05) is 17.0 Å². The summed E-state index contributed by atoms with van der Waals surface area (Å²) < 4.78 is 6.20. The lowest BCUT2D eigenvalue weighted by atomic mass is 9.84. The number of rotatable bonds is 6. The number of furan rings is 1. The number of aryl methyl sites for hydroxylation is 1. The maximum Gasteiger partial charge on any atom is 0.135 e. The Bertz CT molecular complexity index is 840. The average Bonchev–Trinajstić information content (AvgIpc) is 3.11. The zero-order valence-electron chi connectivity index (χ0n) is 16.0. The van der Waals surface area contributed by atoms with Crippen molar-refractivity contribution in [3.8, 4) is 11.3 Å². The lowest BCUT2D eigenvalue weighted by molar-refractivity contribution is 0.180. The smallest absolute Gasteiger partial charge is 0.135 e. The predicted octanol–water partition coefficient (Wildman–Crippen LogP) is 6.08. The van der Waals surface area contributed by atoms with Crippen LogP contribution in [0.5, 0.6) is 0 Å². The molecule has 0 N–H and O–H groups in total. The van der Waals surface area contributed by atoms with E-state index in [1.807, 2.05) is 6.07 Å². The Morgan fingerprint density at radius 1 is 1.00 bits per heavy atom. The fourth-order valence-electron chi connectivity index (χ4n) is 4.48. The Morgan fingerprint density at radius 2 is 1.81 bits per heavy atom. The van der Waals surface area contributed by atoms with Crippen LogP contribution in [-0.2, 0) is 12.8 Å². The van der Waals surface area contributed by atoms with Crippen molar-refractivity contribution in [2.45, 2.75) is 52.0 Å². The molecule has 3 aromatic rings. The van der Waals surface area contributed by atoms with Crippen LogP contribution in [0, 0.1) is 0 Å². The van der Waals surface area contributed by atoms with Crippen LogP contribution in [0.15, 0.2) is 52.9 Å². The summed E-state index contributed by atoms with van der Waals surface area (Å²) in [6.45, 7) is 7.00. The molecule has 1 aliphatic rings. The molecule has 2 nitrogen and oxygen atoms in total. The van der Waals surface area contributed by atoms with Crippen LogP contribution in [0.4, 0.5) is 0 Å². The van der Waals surface area contributed by atoms with Gasteiger partial charge in [-0.15, -0.1) is 0 Å². The summed E-state index contributed by atoms with van der Waals surface area (Å²) in [7, 11) is 0. The zero-order chi connectivity index (χ0) is 17.9.